The molecule has 1 heterocycles. The molecule has 0 aliphatic carbocycles. The van der Waals surface area contributed by atoms with Crippen molar-refractivity contribution in [3.8, 4) is 0 Å². The van der Waals surface area contributed by atoms with E-state index in [1.54, 1.807) is 20.8 Å². The fraction of sp³-hybridized carbons (Fsp3) is 0.778. The molecule has 86 valence electrons. The van der Waals surface area contributed by atoms with Crippen LogP contribution in [-0.2, 0) is 9.53 Å². The third kappa shape index (κ3) is 3.39. The number of carbonyl (C=O) groups excluding carboxylic acids is 1. The number of carbonyl (C=O) groups is 2. The van der Waals surface area contributed by atoms with Crippen LogP contribution in [0.15, 0.2) is 0 Å². The van der Waals surface area contributed by atoms with Crippen LogP contribution in [0.4, 0.5) is 4.79 Å². The van der Waals surface area contributed by atoms with E-state index in [2.05, 4.69) is 0 Å². The van der Waals surface area contributed by atoms with Gasteiger partial charge in [-0.25, -0.2) is 0 Å². The Morgan fingerprint density at radius 2 is 2.07 bits per heavy atom. The van der Waals surface area contributed by atoms with Crippen molar-refractivity contribution in [2.75, 3.05) is 5.44 Å². The maximum atomic E-state index is 11.6. The van der Waals surface area contributed by atoms with Crippen molar-refractivity contribution in [3.63, 3.8) is 0 Å². The van der Waals surface area contributed by atoms with E-state index in [1.165, 1.54) is 4.90 Å². The van der Waals surface area contributed by atoms with E-state index in [1.807, 2.05) is 0 Å². The van der Waals surface area contributed by atoms with Gasteiger partial charge in [0.25, 0.3) is 0 Å². The molecule has 5 nitrogen and oxygen atoms in total. The molecule has 15 heavy (non-hydrogen) atoms. The summed E-state index contributed by atoms with van der Waals surface area (Å²) < 4.78 is 5.14. The normalized spacial score (nSPS) is 21.5. The number of rotatable bonds is 1. The first kappa shape index (κ1) is 12.3. The van der Waals surface area contributed by atoms with E-state index in [-0.39, 0.29) is 15.0 Å². The number of ether oxygens (including phenoxy) is 1. The van der Waals surface area contributed by atoms with Crippen LogP contribution in [0.3, 0.4) is 0 Å². The summed E-state index contributed by atoms with van der Waals surface area (Å²) in [6, 6.07) is -0.695. The van der Waals surface area contributed by atoms with Crippen LogP contribution in [0, 0.1) is 0 Å². The van der Waals surface area contributed by atoms with Gasteiger partial charge in [0.2, 0.25) is 0 Å². The molecule has 0 aromatic rings. The van der Waals surface area contributed by atoms with Gasteiger partial charge in [0.1, 0.15) is 0 Å². The molecule has 1 rings (SSSR count). The molecule has 0 bridgehead atoms. The quantitative estimate of drug-likeness (QED) is 0.720. The first-order valence-electron chi connectivity index (χ1n) is 4.61. The topological polar surface area (TPSA) is 66.8 Å². The van der Waals surface area contributed by atoms with Gasteiger partial charge < -0.3 is 0 Å². The van der Waals surface area contributed by atoms with Crippen LogP contribution in [-0.4, -0.2) is 54.1 Å². The Hall–Kier alpha value is -0.741. The molecule has 1 amide bonds. The molecular weight excluding hydrogens is 265 g/mol. The van der Waals surface area contributed by atoms with Gasteiger partial charge in [0.05, 0.1) is 0 Å². The zero-order valence-electron chi connectivity index (χ0n) is 9.02. The molecular formula is C9H15NO4Se. The molecule has 0 unspecified atom stereocenters. The molecule has 1 N–H and O–H groups in total. The second-order valence-electron chi connectivity index (χ2n) is 4.30. The summed E-state index contributed by atoms with van der Waals surface area (Å²) in [7, 11) is 0. The Labute approximate surface area is 94.9 Å². The van der Waals surface area contributed by atoms with Gasteiger partial charge in [-0.2, -0.15) is 0 Å². The van der Waals surface area contributed by atoms with Gasteiger partial charge in [-0.1, -0.05) is 0 Å². The second-order valence-corrected chi connectivity index (χ2v) is 6.40. The second kappa shape index (κ2) is 4.41. The summed E-state index contributed by atoms with van der Waals surface area (Å²) in [5, 5.41) is 9.46. The summed E-state index contributed by atoms with van der Waals surface area (Å²) in [5.41, 5.74) is -0.0470. The van der Waals surface area contributed by atoms with Crippen LogP contribution in [0.5, 0.6) is 0 Å². The number of hydrogen-bond donors (Lipinski definition) is 1. The van der Waals surface area contributed by atoms with E-state index >= 15 is 0 Å². The molecule has 1 aliphatic heterocycles. The third-order valence-corrected chi connectivity index (χ3v) is 3.92. The van der Waals surface area contributed by atoms with Crippen molar-refractivity contribution in [1.82, 2.24) is 4.90 Å². The summed E-state index contributed by atoms with van der Waals surface area (Å²) in [4.78, 5) is 23.8. The average molecular weight is 280 g/mol. The Bertz CT molecular complexity index is 274. The Balaban J connectivity index is 2.63. The van der Waals surface area contributed by atoms with Crippen molar-refractivity contribution in [2.45, 2.75) is 37.7 Å². The standard InChI is InChI=1S/C9H15NO4Se/c1-9(2,3)14-8(13)10-5-15-4-6(10)7(11)12/h6H,4-5H2,1-3H3,(H,11,12)/t6-/m0/s1. The first-order chi connectivity index (χ1) is 6.81. The zero-order chi connectivity index (χ0) is 11.6. The predicted octanol–water partition coefficient (Wildman–Crippen LogP) is 0.770. The van der Waals surface area contributed by atoms with Crippen LogP contribution in [0.25, 0.3) is 0 Å². The van der Waals surface area contributed by atoms with Crippen molar-refractivity contribution in [1.29, 1.82) is 0 Å². The van der Waals surface area contributed by atoms with E-state index in [0.717, 1.165) is 0 Å². The van der Waals surface area contributed by atoms with Gasteiger partial charge in [-0.05, 0) is 0 Å². The molecule has 0 spiro atoms. The fourth-order valence-corrected chi connectivity index (χ4v) is 3.53. The first-order valence-corrected chi connectivity index (χ1v) is 7.04. The Morgan fingerprint density at radius 3 is 2.53 bits per heavy atom. The Morgan fingerprint density at radius 1 is 1.47 bits per heavy atom. The van der Waals surface area contributed by atoms with Crippen molar-refractivity contribution >= 4 is 27.0 Å². The average Bonchev–Trinajstić information content (AvgIpc) is 2.47. The summed E-state index contributed by atoms with van der Waals surface area (Å²) in [5.74, 6) is -0.944. The van der Waals surface area contributed by atoms with E-state index < -0.39 is 23.7 Å². The molecule has 6 heteroatoms. The molecule has 0 radical (unpaired) electrons. The van der Waals surface area contributed by atoms with E-state index in [4.69, 9.17) is 9.84 Å². The minimum atomic E-state index is -0.944. The Kier molecular flexibility index (Phi) is 3.62. The number of carboxylic acid groups (broad SMARTS) is 1. The molecule has 0 saturated carbocycles. The number of nitrogens with zero attached hydrogens (tertiary/aromatic N) is 1. The van der Waals surface area contributed by atoms with Crippen LogP contribution < -0.4 is 0 Å². The van der Waals surface area contributed by atoms with Gasteiger partial charge in [0, 0.05) is 0 Å². The SMILES string of the molecule is CC(C)(C)OC(=O)N1C[Se]C[C@H]1C(=O)O. The van der Waals surface area contributed by atoms with Crippen molar-refractivity contribution in [3.05, 3.63) is 0 Å². The molecule has 0 aromatic carbocycles. The molecule has 0 aromatic heterocycles. The van der Waals surface area contributed by atoms with Gasteiger partial charge in [-0.15, -0.1) is 0 Å². The van der Waals surface area contributed by atoms with E-state index in [0.29, 0.717) is 10.8 Å². The third-order valence-electron chi connectivity index (χ3n) is 1.80. The summed E-state index contributed by atoms with van der Waals surface area (Å²) in [6.07, 6.45) is -0.519. The maximum absolute atomic E-state index is 11.6. The number of aliphatic carboxylic acids is 1. The van der Waals surface area contributed by atoms with Gasteiger partial charge in [0.15, 0.2) is 0 Å². The van der Waals surface area contributed by atoms with Crippen LogP contribution in [0.1, 0.15) is 20.8 Å². The minimum absolute atomic E-state index is 0.194. The monoisotopic (exact) mass is 281 g/mol. The zero-order valence-corrected chi connectivity index (χ0v) is 10.7. The van der Waals surface area contributed by atoms with Crippen molar-refractivity contribution in [2.24, 2.45) is 0 Å². The molecule has 1 aliphatic rings. The van der Waals surface area contributed by atoms with E-state index in [9.17, 15) is 9.59 Å². The summed E-state index contributed by atoms with van der Waals surface area (Å²) >= 11 is 0.194. The van der Waals surface area contributed by atoms with Gasteiger partial charge >= 0.3 is 94.5 Å². The number of amides is 1. The molecule has 1 saturated heterocycles. The number of hydrogen-bond acceptors (Lipinski definition) is 3. The van der Waals surface area contributed by atoms with Crippen LogP contribution >= 0.6 is 0 Å². The van der Waals surface area contributed by atoms with Crippen molar-refractivity contribution < 1.29 is 19.4 Å². The summed E-state index contributed by atoms with van der Waals surface area (Å²) in [6.45, 7) is 5.30. The molecule has 1 atom stereocenters. The fourth-order valence-electron chi connectivity index (χ4n) is 1.15. The van der Waals surface area contributed by atoms with Gasteiger partial charge in [-0.3, -0.25) is 0 Å². The number of carboxylic acids is 1. The molecule has 1 fully saturated rings. The predicted molar refractivity (Wildman–Crippen MR) is 54.9 cm³/mol. The van der Waals surface area contributed by atoms with Crippen LogP contribution in [0.2, 0.25) is 5.32 Å².